The number of amides is 1. The van der Waals surface area contributed by atoms with Gasteiger partial charge in [0.25, 0.3) is 0 Å². The Morgan fingerprint density at radius 1 is 1.11 bits per heavy atom. The maximum absolute atomic E-state index is 14.2. The van der Waals surface area contributed by atoms with Crippen LogP contribution in [0.1, 0.15) is 29.4 Å². The molecule has 5 rings (SSSR count). The Bertz CT molecular complexity index is 1250. The van der Waals surface area contributed by atoms with E-state index in [1.165, 1.54) is 24.1 Å². The fourth-order valence-electron chi connectivity index (χ4n) is 4.38. The highest BCUT2D eigenvalue weighted by molar-refractivity contribution is 6.00. The van der Waals surface area contributed by atoms with Gasteiger partial charge in [0.2, 0.25) is 12.2 Å². The molecule has 2 aliphatic rings. The number of para-hydroxylation sites is 2. The first-order valence-corrected chi connectivity index (χ1v) is 11.3. The van der Waals surface area contributed by atoms with Crippen LogP contribution in [-0.2, 0) is 32.3 Å². The van der Waals surface area contributed by atoms with Gasteiger partial charge in [-0.1, -0.05) is 42.5 Å². The number of halogens is 1. The van der Waals surface area contributed by atoms with Crippen LogP contribution in [0.25, 0.3) is 0 Å². The minimum atomic E-state index is -0.648. The maximum Gasteiger partial charge on any atom is 0.311 e. The van der Waals surface area contributed by atoms with E-state index in [0.717, 1.165) is 5.56 Å². The number of rotatable bonds is 6. The molecule has 180 valence electrons. The number of methoxy groups -OCH3 is 1. The van der Waals surface area contributed by atoms with E-state index in [-0.39, 0.29) is 32.1 Å². The zero-order chi connectivity index (χ0) is 24.4. The van der Waals surface area contributed by atoms with Crippen LogP contribution < -0.4 is 14.4 Å². The van der Waals surface area contributed by atoms with Crippen molar-refractivity contribution >= 4 is 17.6 Å². The molecular formula is C27H24FNO6. The van der Waals surface area contributed by atoms with Crippen LogP contribution in [-0.4, -0.2) is 25.5 Å². The number of hydrogen-bond donors (Lipinski definition) is 0. The molecule has 2 unspecified atom stereocenters. The van der Waals surface area contributed by atoms with Crippen LogP contribution >= 0.6 is 0 Å². The third-order valence-corrected chi connectivity index (χ3v) is 6.10. The number of anilines is 1. The second-order valence-corrected chi connectivity index (χ2v) is 8.41. The van der Waals surface area contributed by atoms with E-state index in [2.05, 4.69) is 0 Å². The third-order valence-electron chi connectivity index (χ3n) is 6.10. The van der Waals surface area contributed by atoms with Gasteiger partial charge in [-0.15, -0.1) is 0 Å². The van der Waals surface area contributed by atoms with Gasteiger partial charge in [0.05, 0.1) is 25.3 Å². The first-order valence-electron chi connectivity index (χ1n) is 11.3. The second kappa shape index (κ2) is 9.76. The van der Waals surface area contributed by atoms with E-state index in [4.69, 9.17) is 18.9 Å². The Balaban J connectivity index is 1.28. The summed E-state index contributed by atoms with van der Waals surface area (Å²) in [5, 5.41) is 0. The van der Waals surface area contributed by atoms with Gasteiger partial charge in [0.1, 0.15) is 23.9 Å². The van der Waals surface area contributed by atoms with Crippen LogP contribution in [0, 0.1) is 11.7 Å². The van der Waals surface area contributed by atoms with E-state index >= 15 is 0 Å². The molecule has 0 aromatic heterocycles. The lowest BCUT2D eigenvalue weighted by atomic mass is 10.1. The molecule has 3 aromatic carbocycles. The largest absolute Gasteiger partial charge is 0.495 e. The monoisotopic (exact) mass is 477 g/mol. The average molecular weight is 477 g/mol. The van der Waals surface area contributed by atoms with E-state index in [9.17, 15) is 14.0 Å². The topological polar surface area (TPSA) is 74.3 Å². The molecule has 2 heterocycles. The van der Waals surface area contributed by atoms with Crippen LogP contribution in [0.4, 0.5) is 10.1 Å². The molecule has 2 atom stereocenters. The lowest BCUT2D eigenvalue weighted by Gasteiger charge is -2.28. The zero-order valence-electron chi connectivity index (χ0n) is 19.1. The summed E-state index contributed by atoms with van der Waals surface area (Å²) in [6.07, 6.45) is -0.621. The summed E-state index contributed by atoms with van der Waals surface area (Å²) in [6, 6.07) is 19.2. The zero-order valence-corrected chi connectivity index (χ0v) is 19.1. The minimum absolute atomic E-state index is 0.0264. The number of benzene rings is 3. The molecule has 0 saturated carbocycles. The molecule has 0 N–H and O–H groups in total. The number of ether oxygens (including phenoxy) is 4. The van der Waals surface area contributed by atoms with E-state index in [1.54, 1.807) is 18.2 Å². The summed E-state index contributed by atoms with van der Waals surface area (Å²) in [5.41, 5.74) is 2.38. The first-order chi connectivity index (χ1) is 17.0. The smallest absolute Gasteiger partial charge is 0.311 e. The van der Waals surface area contributed by atoms with Gasteiger partial charge in [-0.05, 0) is 24.3 Å². The lowest BCUT2D eigenvalue weighted by molar-refractivity contribution is -0.150. The molecule has 1 saturated heterocycles. The lowest BCUT2D eigenvalue weighted by Crippen LogP contribution is -2.27. The Hall–Kier alpha value is -3.91. The summed E-state index contributed by atoms with van der Waals surface area (Å²) in [7, 11) is 1.53. The maximum atomic E-state index is 14.2. The SMILES string of the molecule is COc1ccccc1N1CC(C(=O)OCc2cc(F)cc3c2OC(c2ccccc2)OC3)CC1=O. The first kappa shape index (κ1) is 22.9. The molecule has 2 aliphatic heterocycles. The average Bonchev–Trinajstić information content (AvgIpc) is 3.28. The molecule has 0 spiro atoms. The van der Waals surface area contributed by atoms with Crippen molar-refractivity contribution in [3.8, 4) is 11.5 Å². The van der Waals surface area contributed by atoms with Crippen LogP contribution in [0.3, 0.4) is 0 Å². The van der Waals surface area contributed by atoms with Crippen molar-refractivity contribution in [2.24, 2.45) is 5.92 Å². The normalized spacial score (nSPS) is 19.1. The Labute approximate surface area is 202 Å². The third kappa shape index (κ3) is 4.70. The number of hydrogen-bond acceptors (Lipinski definition) is 6. The molecule has 3 aromatic rings. The molecular weight excluding hydrogens is 453 g/mol. The van der Waals surface area contributed by atoms with Crippen molar-refractivity contribution < 1.29 is 32.9 Å². The van der Waals surface area contributed by atoms with Crippen LogP contribution in [0.15, 0.2) is 66.7 Å². The van der Waals surface area contributed by atoms with Gasteiger partial charge in [-0.25, -0.2) is 4.39 Å². The molecule has 1 fully saturated rings. The highest BCUT2D eigenvalue weighted by Crippen LogP contribution is 2.37. The van der Waals surface area contributed by atoms with Crippen LogP contribution in [0.2, 0.25) is 0 Å². The standard InChI is InChI=1S/C27H24FNO6/c1-32-23-10-6-5-9-22(23)29-14-18(13-24(29)30)26(31)33-15-19-11-21(28)12-20-16-34-27(35-25(19)20)17-7-3-2-4-8-17/h2-12,18,27H,13-16H2,1H3. The van der Waals surface area contributed by atoms with Gasteiger partial charge < -0.3 is 23.8 Å². The summed E-state index contributed by atoms with van der Waals surface area (Å²) in [5.74, 6) is -0.839. The highest BCUT2D eigenvalue weighted by atomic mass is 19.1. The van der Waals surface area contributed by atoms with Crippen LogP contribution in [0.5, 0.6) is 11.5 Å². The fraction of sp³-hybridized carbons (Fsp3) is 0.259. The number of carbonyl (C=O) groups is 2. The van der Waals surface area contributed by atoms with Gasteiger partial charge >= 0.3 is 5.97 Å². The number of nitrogens with zero attached hydrogens (tertiary/aromatic N) is 1. The molecule has 7 nitrogen and oxygen atoms in total. The molecule has 0 radical (unpaired) electrons. The van der Waals surface area contributed by atoms with E-state index < -0.39 is 24.0 Å². The van der Waals surface area contributed by atoms with E-state index in [0.29, 0.717) is 28.3 Å². The predicted molar refractivity (Wildman–Crippen MR) is 124 cm³/mol. The van der Waals surface area contributed by atoms with Gasteiger partial charge in [0.15, 0.2) is 0 Å². The number of carbonyl (C=O) groups excluding carboxylic acids is 2. The summed E-state index contributed by atoms with van der Waals surface area (Å²) in [6.45, 7) is 0.165. The van der Waals surface area contributed by atoms with Gasteiger partial charge in [0, 0.05) is 29.7 Å². The van der Waals surface area contributed by atoms with Crippen molar-refractivity contribution in [2.75, 3.05) is 18.6 Å². The van der Waals surface area contributed by atoms with Crippen molar-refractivity contribution in [3.63, 3.8) is 0 Å². The Morgan fingerprint density at radius 2 is 1.89 bits per heavy atom. The Kier molecular flexibility index (Phi) is 6.37. The quantitative estimate of drug-likeness (QED) is 0.486. The second-order valence-electron chi connectivity index (χ2n) is 8.41. The highest BCUT2D eigenvalue weighted by Gasteiger charge is 2.37. The van der Waals surface area contributed by atoms with E-state index in [1.807, 2.05) is 36.4 Å². The molecule has 0 bridgehead atoms. The minimum Gasteiger partial charge on any atom is -0.495 e. The molecule has 0 aliphatic carbocycles. The van der Waals surface area contributed by atoms with Crippen molar-refractivity contribution in [1.29, 1.82) is 0 Å². The molecule has 8 heteroatoms. The summed E-state index contributed by atoms with van der Waals surface area (Å²) in [4.78, 5) is 27.0. The fourth-order valence-corrected chi connectivity index (χ4v) is 4.38. The number of fused-ring (bicyclic) bond motifs is 1. The van der Waals surface area contributed by atoms with Crippen molar-refractivity contribution in [3.05, 3.63) is 89.2 Å². The van der Waals surface area contributed by atoms with Gasteiger partial charge in [-0.3, -0.25) is 9.59 Å². The molecule has 35 heavy (non-hydrogen) atoms. The van der Waals surface area contributed by atoms with Crippen molar-refractivity contribution in [2.45, 2.75) is 25.9 Å². The van der Waals surface area contributed by atoms with Crippen molar-refractivity contribution in [1.82, 2.24) is 0 Å². The predicted octanol–water partition coefficient (Wildman–Crippen LogP) is 4.54. The van der Waals surface area contributed by atoms with Gasteiger partial charge in [-0.2, -0.15) is 0 Å². The summed E-state index contributed by atoms with van der Waals surface area (Å²) < 4.78 is 36.9. The molecule has 1 amide bonds. The summed E-state index contributed by atoms with van der Waals surface area (Å²) >= 11 is 0. The Morgan fingerprint density at radius 3 is 2.69 bits per heavy atom. The number of esters is 1.